The fourth-order valence-electron chi connectivity index (χ4n) is 2.80. The predicted octanol–water partition coefficient (Wildman–Crippen LogP) is 1.64. The van der Waals surface area contributed by atoms with E-state index in [1.165, 1.54) is 10.9 Å². The van der Waals surface area contributed by atoms with Crippen molar-refractivity contribution in [2.24, 2.45) is 0 Å². The monoisotopic (exact) mass is 337 g/mol. The van der Waals surface area contributed by atoms with Crippen molar-refractivity contribution >= 4 is 16.8 Å². The van der Waals surface area contributed by atoms with Gasteiger partial charge in [-0.25, -0.2) is 0 Å². The number of fused-ring (bicyclic) bond motifs is 1. The molecular formula is C19H19N3O3. The third-order valence-corrected chi connectivity index (χ3v) is 4.01. The molecule has 0 aliphatic rings. The molecule has 2 aromatic carbocycles. The molecule has 0 aliphatic carbocycles. The summed E-state index contributed by atoms with van der Waals surface area (Å²) in [5.74, 6) is -0.233. The van der Waals surface area contributed by atoms with Crippen molar-refractivity contribution < 1.29 is 9.90 Å². The number of aromatic nitrogens is 2. The summed E-state index contributed by atoms with van der Waals surface area (Å²) in [6, 6.07) is 16.3. The van der Waals surface area contributed by atoms with E-state index < -0.39 is 0 Å². The van der Waals surface area contributed by atoms with Crippen molar-refractivity contribution in [3.63, 3.8) is 0 Å². The lowest BCUT2D eigenvalue weighted by atomic mass is 10.0. The Hall–Kier alpha value is -2.99. The predicted molar refractivity (Wildman–Crippen MR) is 95.0 cm³/mol. The van der Waals surface area contributed by atoms with Crippen LogP contribution in [-0.2, 0) is 11.3 Å². The minimum absolute atomic E-state index is 0.00441. The normalized spacial score (nSPS) is 12.0. The number of hydrogen-bond acceptors (Lipinski definition) is 4. The Bertz CT molecular complexity index is 922. The summed E-state index contributed by atoms with van der Waals surface area (Å²) in [5, 5.41) is 16.8. The average molecular weight is 337 g/mol. The third-order valence-electron chi connectivity index (χ3n) is 4.01. The summed E-state index contributed by atoms with van der Waals surface area (Å²) in [6.45, 7) is -0.0331. The molecule has 1 heterocycles. The molecule has 0 saturated carbocycles. The molecule has 1 amide bonds. The van der Waals surface area contributed by atoms with Crippen LogP contribution in [0.1, 0.15) is 18.0 Å². The molecule has 0 spiro atoms. The molecule has 3 aromatic rings. The van der Waals surface area contributed by atoms with Gasteiger partial charge in [0.05, 0.1) is 17.8 Å². The van der Waals surface area contributed by atoms with Crippen LogP contribution in [0.4, 0.5) is 0 Å². The van der Waals surface area contributed by atoms with Crippen LogP contribution in [0.3, 0.4) is 0 Å². The molecule has 3 rings (SSSR count). The minimum atomic E-state index is -0.274. The highest BCUT2D eigenvalue weighted by atomic mass is 16.3. The number of benzene rings is 2. The summed E-state index contributed by atoms with van der Waals surface area (Å²) in [4.78, 5) is 24.3. The fraction of sp³-hybridized carbons (Fsp3) is 0.211. The number of rotatable bonds is 6. The Morgan fingerprint density at radius 2 is 1.84 bits per heavy atom. The third kappa shape index (κ3) is 3.92. The van der Waals surface area contributed by atoms with E-state index in [1.54, 1.807) is 24.3 Å². The topological polar surface area (TPSA) is 84.2 Å². The highest BCUT2D eigenvalue weighted by molar-refractivity contribution is 5.81. The quantitative estimate of drug-likeness (QED) is 0.716. The number of aliphatic hydroxyl groups is 1. The molecular weight excluding hydrogens is 318 g/mol. The first-order chi connectivity index (χ1) is 12.2. The number of carbonyl (C=O) groups is 1. The molecule has 2 N–H and O–H groups in total. The average Bonchev–Trinajstić information content (AvgIpc) is 2.65. The summed E-state index contributed by atoms with van der Waals surface area (Å²) < 4.78 is 1.51. The number of carbonyl (C=O) groups excluding carboxylic acids is 1. The van der Waals surface area contributed by atoms with Crippen LogP contribution in [0.2, 0.25) is 0 Å². The van der Waals surface area contributed by atoms with Crippen LogP contribution in [0.25, 0.3) is 10.9 Å². The zero-order chi connectivity index (χ0) is 17.6. The van der Waals surface area contributed by atoms with Crippen molar-refractivity contribution in [2.75, 3.05) is 6.61 Å². The van der Waals surface area contributed by atoms with Gasteiger partial charge >= 0.3 is 0 Å². The van der Waals surface area contributed by atoms with Gasteiger partial charge in [0.15, 0.2) is 0 Å². The molecule has 1 atom stereocenters. The smallest absolute Gasteiger partial charge is 0.242 e. The maximum Gasteiger partial charge on any atom is 0.242 e. The van der Waals surface area contributed by atoms with Crippen LogP contribution in [0.5, 0.6) is 0 Å². The van der Waals surface area contributed by atoms with Gasteiger partial charge in [-0.1, -0.05) is 42.5 Å². The van der Waals surface area contributed by atoms with Gasteiger partial charge in [0.25, 0.3) is 0 Å². The molecule has 6 nitrogen and oxygen atoms in total. The maximum absolute atomic E-state index is 12.5. The Balaban J connectivity index is 1.80. The van der Waals surface area contributed by atoms with E-state index in [1.807, 2.05) is 30.3 Å². The van der Waals surface area contributed by atoms with Crippen LogP contribution in [0.15, 0.2) is 65.6 Å². The van der Waals surface area contributed by atoms with Gasteiger partial charge in [-0.05, 0) is 24.1 Å². The minimum Gasteiger partial charge on any atom is -0.396 e. The second-order valence-electron chi connectivity index (χ2n) is 5.73. The zero-order valence-corrected chi connectivity index (χ0v) is 13.6. The second kappa shape index (κ2) is 7.72. The van der Waals surface area contributed by atoms with Crippen molar-refractivity contribution in [3.8, 4) is 0 Å². The standard InChI is InChI=1S/C19H19N3O3/c23-11-10-16(14-6-2-1-3-7-14)21-19(25)13-22-17-9-5-4-8-15(17)18(24)12-20-22/h1-9,12,16,23H,10-11,13H2,(H,21,25). The Kier molecular flexibility index (Phi) is 5.20. The fourth-order valence-corrected chi connectivity index (χ4v) is 2.80. The van der Waals surface area contributed by atoms with Gasteiger partial charge in [-0.3, -0.25) is 14.3 Å². The van der Waals surface area contributed by atoms with Crippen molar-refractivity contribution in [3.05, 3.63) is 76.6 Å². The first-order valence-corrected chi connectivity index (χ1v) is 8.09. The highest BCUT2D eigenvalue weighted by Gasteiger charge is 2.15. The zero-order valence-electron chi connectivity index (χ0n) is 13.6. The lowest BCUT2D eigenvalue weighted by Gasteiger charge is -2.19. The van der Waals surface area contributed by atoms with E-state index in [0.29, 0.717) is 17.3 Å². The van der Waals surface area contributed by atoms with Crippen molar-refractivity contribution in [2.45, 2.75) is 19.0 Å². The van der Waals surface area contributed by atoms with Crippen LogP contribution in [-0.4, -0.2) is 27.4 Å². The summed E-state index contributed by atoms with van der Waals surface area (Å²) >= 11 is 0. The SMILES string of the molecule is O=C(Cn1ncc(=O)c2ccccc21)NC(CCO)c1ccccc1. The van der Waals surface area contributed by atoms with E-state index in [2.05, 4.69) is 10.4 Å². The number of amides is 1. The molecule has 0 fully saturated rings. The Labute approximate surface area is 144 Å². The van der Waals surface area contributed by atoms with Gasteiger partial charge in [0, 0.05) is 12.0 Å². The van der Waals surface area contributed by atoms with Crippen molar-refractivity contribution in [1.29, 1.82) is 0 Å². The first kappa shape index (κ1) is 16.9. The first-order valence-electron chi connectivity index (χ1n) is 8.09. The highest BCUT2D eigenvalue weighted by Crippen LogP contribution is 2.16. The summed E-state index contributed by atoms with van der Waals surface area (Å²) in [7, 11) is 0. The van der Waals surface area contributed by atoms with Gasteiger partial charge in [0.1, 0.15) is 6.54 Å². The van der Waals surface area contributed by atoms with E-state index in [9.17, 15) is 14.7 Å². The Morgan fingerprint density at radius 3 is 2.60 bits per heavy atom. The lowest BCUT2D eigenvalue weighted by Crippen LogP contribution is -2.33. The molecule has 0 radical (unpaired) electrons. The Morgan fingerprint density at radius 1 is 1.12 bits per heavy atom. The molecule has 25 heavy (non-hydrogen) atoms. The van der Waals surface area contributed by atoms with Gasteiger partial charge in [0.2, 0.25) is 11.3 Å². The number of para-hydroxylation sites is 1. The van der Waals surface area contributed by atoms with Gasteiger partial charge in [-0.15, -0.1) is 0 Å². The lowest BCUT2D eigenvalue weighted by molar-refractivity contribution is -0.122. The van der Waals surface area contributed by atoms with Crippen LogP contribution < -0.4 is 10.7 Å². The van der Waals surface area contributed by atoms with Crippen LogP contribution >= 0.6 is 0 Å². The number of hydrogen-bond donors (Lipinski definition) is 2. The van der Waals surface area contributed by atoms with Crippen molar-refractivity contribution in [1.82, 2.24) is 15.1 Å². The molecule has 1 unspecified atom stereocenters. The molecule has 0 saturated heterocycles. The molecule has 6 heteroatoms. The van der Waals surface area contributed by atoms with E-state index in [0.717, 1.165) is 5.56 Å². The van der Waals surface area contributed by atoms with E-state index in [4.69, 9.17) is 0 Å². The number of nitrogens with zero attached hydrogens (tertiary/aromatic N) is 2. The van der Waals surface area contributed by atoms with Crippen LogP contribution in [0, 0.1) is 0 Å². The number of aliphatic hydroxyl groups excluding tert-OH is 1. The molecule has 0 aliphatic heterocycles. The molecule has 1 aromatic heterocycles. The van der Waals surface area contributed by atoms with E-state index >= 15 is 0 Å². The summed E-state index contributed by atoms with van der Waals surface area (Å²) in [5.41, 5.74) is 1.38. The maximum atomic E-state index is 12.5. The van der Waals surface area contributed by atoms with Gasteiger partial charge in [-0.2, -0.15) is 5.10 Å². The number of nitrogens with one attached hydrogen (secondary N) is 1. The largest absolute Gasteiger partial charge is 0.396 e. The van der Waals surface area contributed by atoms with Gasteiger partial charge < -0.3 is 10.4 Å². The summed E-state index contributed by atoms with van der Waals surface area (Å²) in [6.07, 6.45) is 1.64. The van der Waals surface area contributed by atoms with E-state index in [-0.39, 0.29) is 30.5 Å². The molecule has 128 valence electrons. The molecule has 0 bridgehead atoms. The second-order valence-corrected chi connectivity index (χ2v) is 5.73.